The second kappa shape index (κ2) is 5.22. The summed E-state index contributed by atoms with van der Waals surface area (Å²) < 4.78 is 2.18. The van der Waals surface area contributed by atoms with Gasteiger partial charge in [-0.15, -0.1) is 0 Å². The first-order valence-electron chi connectivity index (χ1n) is 5.72. The predicted octanol–water partition coefficient (Wildman–Crippen LogP) is 2.99. The van der Waals surface area contributed by atoms with E-state index in [1.807, 2.05) is 30.3 Å². The van der Waals surface area contributed by atoms with Crippen LogP contribution < -0.4 is 5.32 Å². The molecule has 0 saturated carbocycles. The molecule has 0 bridgehead atoms. The molecular formula is C14H15N3. The van der Waals surface area contributed by atoms with Gasteiger partial charge in [0.25, 0.3) is 0 Å². The molecule has 1 aromatic carbocycles. The van der Waals surface area contributed by atoms with E-state index >= 15 is 0 Å². The average Bonchev–Trinajstić information content (AvgIpc) is 2.84. The first kappa shape index (κ1) is 11.3. The molecule has 0 aliphatic carbocycles. The van der Waals surface area contributed by atoms with Crippen LogP contribution in [0.15, 0.2) is 42.6 Å². The third kappa shape index (κ3) is 2.48. The van der Waals surface area contributed by atoms with Crippen LogP contribution in [-0.4, -0.2) is 4.57 Å². The van der Waals surface area contributed by atoms with Crippen LogP contribution in [0.4, 0.5) is 5.69 Å². The van der Waals surface area contributed by atoms with Crippen molar-refractivity contribution in [2.75, 3.05) is 5.32 Å². The van der Waals surface area contributed by atoms with E-state index in [0.29, 0.717) is 5.56 Å². The molecule has 1 heterocycles. The Labute approximate surface area is 101 Å². The average molecular weight is 225 g/mol. The molecule has 3 nitrogen and oxygen atoms in total. The van der Waals surface area contributed by atoms with Gasteiger partial charge in [0.15, 0.2) is 0 Å². The van der Waals surface area contributed by atoms with Crippen molar-refractivity contribution in [3.63, 3.8) is 0 Å². The summed E-state index contributed by atoms with van der Waals surface area (Å²) in [5.41, 5.74) is 2.79. The van der Waals surface area contributed by atoms with Crippen molar-refractivity contribution in [3.05, 3.63) is 53.9 Å². The fourth-order valence-corrected chi connectivity index (χ4v) is 1.84. The number of hydrogen-bond acceptors (Lipinski definition) is 2. The van der Waals surface area contributed by atoms with Crippen molar-refractivity contribution in [1.29, 1.82) is 5.26 Å². The van der Waals surface area contributed by atoms with Gasteiger partial charge in [-0.2, -0.15) is 5.26 Å². The SMILES string of the molecule is CCn1cccc1CNc1ccccc1C#N. The minimum absolute atomic E-state index is 0.683. The topological polar surface area (TPSA) is 40.8 Å². The van der Waals surface area contributed by atoms with Crippen LogP contribution in [0.5, 0.6) is 0 Å². The highest BCUT2D eigenvalue weighted by Crippen LogP contribution is 2.15. The lowest BCUT2D eigenvalue weighted by atomic mass is 10.2. The zero-order valence-electron chi connectivity index (χ0n) is 9.85. The Kier molecular flexibility index (Phi) is 3.46. The molecule has 2 aromatic rings. The lowest BCUT2D eigenvalue weighted by Crippen LogP contribution is -2.06. The maximum atomic E-state index is 8.98. The third-order valence-corrected chi connectivity index (χ3v) is 2.77. The van der Waals surface area contributed by atoms with Crippen molar-refractivity contribution < 1.29 is 0 Å². The summed E-state index contributed by atoms with van der Waals surface area (Å²) in [4.78, 5) is 0. The van der Waals surface area contributed by atoms with E-state index in [0.717, 1.165) is 18.8 Å². The monoisotopic (exact) mass is 225 g/mol. The Morgan fingerprint density at radius 2 is 2.06 bits per heavy atom. The first-order chi connectivity index (χ1) is 8.35. The van der Waals surface area contributed by atoms with E-state index in [9.17, 15) is 0 Å². The Balaban J connectivity index is 2.10. The summed E-state index contributed by atoms with van der Waals surface area (Å²) in [5, 5.41) is 12.3. The molecule has 3 heteroatoms. The fourth-order valence-electron chi connectivity index (χ4n) is 1.84. The van der Waals surface area contributed by atoms with E-state index in [1.165, 1.54) is 5.69 Å². The van der Waals surface area contributed by atoms with Gasteiger partial charge in [0, 0.05) is 18.4 Å². The fraction of sp³-hybridized carbons (Fsp3) is 0.214. The molecule has 0 amide bonds. The van der Waals surface area contributed by atoms with Gasteiger partial charge in [0.1, 0.15) is 6.07 Å². The van der Waals surface area contributed by atoms with Crippen molar-refractivity contribution in [2.24, 2.45) is 0 Å². The van der Waals surface area contributed by atoms with Crippen LogP contribution >= 0.6 is 0 Å². The number of nitriles is 1. The number of para-hydroxylation sites is 1. The number of rotatable bonds is 4. The molecule has 86 valence electrons. The number of nitrogens with zero attached hydrogens (tertiary/aromatic N) is 2. The summed E-state index contributed by atoms with van der Waals surface area (Å²) >= 11 is 0. The number of benzene rings is 1. The van der Waals surface area contributed by atoms with Crippen LogP contribution in [0.1, 0.15) is 18.2 Å². The molecule has 2 rings (SSSR count). The Hall–Kier alpha value is -2.21. The Bertz CT molecular complexity index is 534. The number of nitrogens with one attached hydrogen (secondary N) is 1. The minimum atomic E-state index is 0.683. The smallest absolute Gasteiger partial charge is 0.101 e. The molecule has 1 N–H and O–H groups in total. The van der Waals surface area contributed by atoms with Crippen molar-refractivity contribution in [2.45, 2.75) is 20.0 Å². The minimum Gasteiger partial charge on any atom is -0.378 e. The van der Waals surface area contributed by atoms with Crippen LogP contribution in [0.2, 0.25) is 0 Å². The molecule has 0 saturated heterocycles. The Morgan fingerprint density at radius 3 is 2.82 bits per heavy atom. The number of anilines is 1. The van der Waals surface area contributed by atoms with Crippen LogP contribution in [0.3, 0.4) is 0 Å². The summed E-state index contributed by atoms with van der Waals surface area (Å²) in [5.74, 6) is 0. The third-order valence-electron chi connectivity index (χ3n) is 2.77. The highest BCUT2D eigenvalue weighted by atomic mass is 15.0. The van der Waals surface area contributed by atoms with Gasteiger partial charge in [0.2, 0.25) is 0 Å². The summed E-state index contributed by atoms with van der Waals surface area (Å²) in [6, 6.07) is 13.9. The molecule has 0 radical (unpaired) electrons. The van der Waals surface area contributed by atoms with Gasteiger partial charge in [-0.1, -0.05) is 12.1 Å². The lowest BCUT2D eigenvalue weighted by molar-refractivity contribution is 0.724. The van der Waals surface area contributed by atoms with E-state index < -0.39 is 0 Å². The van der Waals surface area contributed by atoms with Crippen LogP contribution in [0, 0.1) is 11.3 Å². The summed E-state index contributed by atoms with van der Waals surface area (Å²) in [6.07, 6.45) is 2.06. The van der Waals surface area contributed by atoms with E-state index in [-0.39, 0.29) is 0 Å². The van der Waals surface area contributed by atoms with Crippen molar-refractivity contribution in [1.82, 2.24) is 4.57 Å². The van der Waals surface area contributed by atoms with Gasteiger partial charge < -0.3 is 9.88 Å². The molecule has 17 heavy (non-hydrogen) atoms. The second-order valence-corrected chi connectivity index (χ2v) is 3.80. The van der Waals surface area contributed by atoms with E-state index in [2.05, 4.69) is 35.1 Å². The van der Waals surface area contributed by atoms with Gasteiger partial charge >= 0.3 is 0 Å². The number of aromatic nitrogens is 1. The molecule has 0 spiro atoms. The maximum absolute atomic E-state index is 8.98. The largest absolute Gasteiger partial charge is 0.378 e. The molecule has 0 atom stereocenters. The second-order valence-electron chi connectivity index (χ2n) is 3.80. The quantitative estimate of drug-likeness (QED) is 0.869. The number of aryl methyl sites for hydroxylation is 1. The van der Waals surface area contributed by atoms with E-state index in [1.54, 1.807) is 0 Å². The van der Waals surface area contributed by atoms with Gasteiger partial charge in [-0.25, -0.2) is 0 Å². The number of hydrogen-bond donors (Lipinski definition) is 1. The zero-order valence-corrected chi connectivity index (χ0v) is 9.85. The van der Waals surface area contributed by atoms with E-state index in [4.69, 9.17) is 5.26 Å². The normalized spacial score (nSPS) is 9.88. The first-order valence-corrected chi connectivity index (χ1v) is 5.72. The maximum Gasteiger partial charge on any atom is 0.101 e. The zero-order chi connectivity index (χ0) is 12.1. The molecule has 0 aliphatic rings. The highest BCUT2D eigenvalue weighted by molar-refractivity contribution is 5.57. The standard InChI is InChI=1S/C14H15N3/c1-2-17-9-5-7-13(17)11-16-14-8-4-3-6-12(14)10-15/h3-9,16H,2,11H2,1H3. The summed E-state index contributed by atoms with van der Waals surface area (Å²) in [7, 11) is 0. The van der Waals surface area contributed by atoms with Crippen molar-refractivity contribution >= 4 is 5.69 Å². The molecule has 1 aromatic heterocycles. The van der Waals surface area contributed by atoms with Gasteiger partial charge in [-0.3, -0.25) is 0 Å². The lowest BCUT2D eigenvalue weighted by Gasteiger charge is -2.10. The molecular weight excluding hydrogens is 210 g/mol. The Morgan fingerprint density at radius 1 is 1.24 bits per heavy atom. The van der Waals surface area contributed by atoms with Gasteiger partial charge in [-0.05, 0) is 31.2 Å². The van der Waals surface area contributed by atoms with Crippen molar-refractivity contribution in [3.8, 4) is 6.07 Å². The van der Waals surface area contributed by atoms with Crippen LogP contribution in [-0.2, 0) is 13.1 Å². The molecule has 0 fully saturated rings. The summed E-state index contributed by atoms with van der Waals surface area (Å²) in [6.45, 7) is 3.82. The molecule has 0 aliphatic heterocycles. The van der Waals surface area contributed by atoms with Gasteiger partial charge in [0.05, 0.1) is 17.8 Å². The highest BCUT2D eigenvalue weighted by Gasteiger charge is 2.02. The predicted molar refractivity (Wildman–Crippen MR) is 68.6 cm³/mol. The van der Waals surface area contributed by atoms with Crippen LogP contribution in [0.25, 0.3) is 0 Å². The molecule has 0 unspecified atom stereocenters.